The van der Waals surface area contributed by atoms with Gasteiger partial charge < -0.3 is 4.90 Å². The highest BCUT2D eigenvalue weighted by Crippen LogP contribution is 2.22. The van der Waals surface area contributed by atoms with Crippen LogP contribution in [0.1, 0.15) is 0 Å². The minimum atomic E-state index is 0.726. The van der Waals surface area contributed by atoms with Crippen LogP contribution in [0, 0.1) is 0 Å². The molecule has 0 N–H and O–H groups in total. The number of imidazole rings is 1. The topological polar surface area (TPSA) is 33.4 Å². The van der Waals surface area contributed by atoms with E-state index in [1.807, 2.05) is 37.0 Å². The molecule has 0 aliphatic heterocycles. The van der Waals surface area contributed by atoms with E-state index >= 15 is 0 Å². The molecular weight excluding hydrogens is 224 g/mol. The molecule has 0 spiro atoms. The van der Waals surface area contributed by atoms with Crippen LogP contribution in [-0.2, 0) is 0 Å². The average Bonchev–Trinajstić information content (AvgIpc) is 2.82. The molecule has 0 aliphatic carbocycles. The van der Waals surface area contributed by atoms with Gasteiger partial charge in [-0.3, -0.25) is 4.40 Å². The zero-order valence-corrected chi connectivity index (χ0v) is 10.4. The minimum absolute atomic E-state index is 0.726. The molecule has 0 fully saturated rings. The van der Waals surface area contributed by atoms with E-state index in [0.29, 0.717) is 0 Å². The Balaban J connectivity index is 2.09. The zero-order valence-electron chi connectivity index (χ0n) is 10.4. The van der Waals surface area contributed by atoms with Crippen LogP contribution in [0.15, 0.2) is 48.9 Å². The van der Waals surface area contributed by atoms with E-state index < -0.39 is 0 Å². The van der Waals surface area contributed by atoms with Crippen molar-refractivity contribution in [2.75, 3.05) is 19.0 Å². The first kappa shape index (κ1) is 10.8. The van der Waals surface area contributed by atoms with Crippen molar-refractivity contribution in [3.63, 3.8) is 0 Å². The number of fused-ring (bicyclic) bond motifs is 1. The summed E-state index contributed by atoms with van der Waals surface area (Å²) < 4.78 is 1.99. The van der Waals surface area contributed by atoms with Gasteiger partial charge in [-0.15, -0.1) is 0 Å². The summed E-state index contributed by atoms with van der Waals surface area (Å²) in [7, 11) is 4.07. The predicted octanol–water partition coefficient (Wildman–Crippen LogP) is 2.46. The first-order valence-electron chi connectivity index (χ1n) is 5.81. The normalized spacial score (nSPS) is 10.8. The lowest BCUT2D eigenvalue weighted by molar-refractivity contribution is 1.11. The van der Waals surface area contributed by atoms with E-state index in [9.17, 15) is 0 Å². The summed E-state index contributed by atoms with van der Waals surface area (Å²) in [5, 5.41) is 0. The van der Waals surface area contributed by atoms with Gasteiger partial charge in [0.25, 0.3) is 0 Å². The van der Waals surface area contributed by atoms with Crippen molar-refractivity contribution in [1.29, 1.82) is 0 Å². The van der Waals surface area contributed by atoms with Crippen molar-refractivity contribution in [3.8, 4) is 11.3 Å². The quantitative estimate of drug-likeness (QED) is 0.687. The predicted molar refractivity (Wildman–Crippen MR) is 72.8 cm³/mol. The van der Waals surface area contributed by atoms with Crippen molar-refractivity contribution in [1.82, 2.24) is 14.4 Å². The van der Waals surface area contributed by atoms with E-state index in [2.05, 4.69) is 39.1 Å². The largest absolute Gasteiger partial charge is 0.378 e. The lowest BCUT2D eigenvalue weighted by atomic mass is 10.1. The van der Waals surface area contributed by atoms with Gasteiger partial charge in [0.1, 0.15) is 0 Å². The molecule has 2 heterocycles. The van der Waals surface area contributed by atoms with Crippen molar-refractivity contribution in [2.24, 2.45) is 0 Å². The lowest BCUT2D eigenvalue weighted by Crippen LogP contribution is -2.07. The third-order valence-corrected chi connectivity index (χ3v) is 2.97. The van der Waals surface area contributed by atoms with Gasteiger partial charge in [0.2, 0.25) is 5.78 Å². The summed E-state index contributed by atoms with van der Waals surface area (Å²) in [6.07, 6.45) is 5.58. The lowest BCUT2D eigenvalue weighted by Gasteiger charge is -2.12. The second-order valence-electron chi connectivity index (χ2n) is 4.37. The molecule has 0 bridgehead atoms. The number of nitrogens with zero attached hydrogens (tertiary/aromatic N) is 4. The monoisotopic (exact) mass is 238 g/mol. The smallest absolute Gasteiger partial charge is 0.234 e. The Hall–Kier alpha value is -2.36. The SMILES string of the molecule is CN(C)c1ccc(-c2cnc3ncccn23)cc1. The van der Waals surface area contributed by atoms with Gasteiger partial charge in [0.15, 0.2) is 0 Å². The molecule has 2 aromatic heterocycles. The Morgan fingerprint density at radius 3 is 2.56 bits per heavy atom. The Morgan fingerprint density at radius 1 is 1.06 bits per heavy atom. The van der Waals surface area contributed by atoms with Gasteiger partial charge in [-0.1, -0.05) is 12.1 Å². The van der Waals surface area contributed by atoms with Crippen LogP contribution >= 0.6 is 0 Å². The van der Waals surface area contributed by atoms with Gasteiger partial charge in [-0.2, -0.15) is 0 Å². The molecule has 0 atom stereocenters. The number of aromatic nitrogens is 3. The summed E-state index contributed by atoms with van der Waals surface area (Å²) in [5.41, 5.74) is 3.38. The Kier molecular flexibility index (Phi) is 2.48. The highest BCUT2D eigenvalue weighted by molar-refractivity contribution is 5.65. The second-order valence-corrected chi connectivity index (χ2v) is 4.37. The fourth-order valence-corrected chi connectivity index (χ4v) is 1.97. The molecule has 0 aliphatic rings. The number of rotatable bonds is 2. The standard InChI is InChI=1S/C14H14N4/c1-17(2)12-6-4-11(5-7-12)13-10-16-14-15-8-3-9-18(13)14/h3-10H,1-2H3. The molecule has 4 heteroatoms. The van der Waals surface area contributed by atoms with Gasteiger partial charge in [-0.25, -0.2) is 9.97 Å². The maximum Gasteiger partial charge on any atom is 0.234 e. The van der Waals surface area contributed by atoms with Crippen molar-refractivity contribution in [3.05, 3.63) is 48.9 Å². The van der Waals surface area contributed by atoms with Gasteiger partial charge in [0, 0.05) is 37.7 Å². The second kappa shape index (κ2) is 4.14. The molecular formula is C14H14N4. The number of hydrogen-bond donors (Lipinski definition) is 0. The van der Waals surface area contributed by atoms with Crippen LogP contribution in [0.5, 0.6) is 0 Å². The molecule has 1 aromatic carbocycles. The van der Waals surface area contributed by atoms with Crippen molar-refractivity contribution >= 4 is 11.5 Å². The van der Waals surface area contributed by atoms with Crippen LogP contribution in [0.3, 0.4) is 0 Å². The zero-order chi connectivity index (χ0) is 12.5. The van der Waals surface area contributed by atoms with Crippen LogP contribution in [-0.4, -0.2) is 28.5 Å². The van der Waals surface area contributed by atoms with E-state index in [0.717, 1.165) is 17.0 Å². The summed E-state index contributed by atoms with van der Waals surface area (Å²) >= 11 is 0. The van der Waals surface area contributed by atoms with Gasteiger partial charge in [0.05, 0.1) is 11.9 Å². The molecule has 0 unspecified atom stereocenters. The average molecular weight is 238 g/mol. The molecule has 3 rings (SSSR count). The van der Waals surface area contributed by atoms with Crippen LogP contribution in [0.4, 0.5) is 5.69 Å². The third kappa shape index (κ3) is 1.72. The van der Waals surface area contributed by atoms with Crippen LogP contribution in [0.25, 0.3) is 17.0 Å². The Morgan fingerprint density at radius 2 is 1.83 bits per heavy atom. The summed E-state index contributed by atoms with van der Waals surface area (Å²) in [6.45, 7) is 0. The number of hydrogen-bond acceptors (Lipinski definition) is 3. The third-order valence-electron chi connectivity index (χ3n) is 2.97. The summed E-state index contributed by atoms with van der Waals surface area (Å²) in [6, 6.07) is 10.3. The fourth-order valence-electron chi connectivity index (χ4n) is 1.97. The van der Waals surface area contributed by atoms with Crippen LogP contribution in [0.2, 0.25) is 0 Å². The van der Waals surface area contributed by atoms with E-state index in [1.165, 1.54) is 5.69 Å². The van der Waals surface area contributed by atoms with Gasteiger partial charge >= 0.3 is 0 Å². The molecule has 0 amide bonds. The summed E-state index contributed by atoms with van der Waals surface area (Å²) in [5.74, 6) is 0.726. The molecule has 18 heavy (non-hydrogen) atoms. The molecule has 0 saturated heterocycles. The van der Waals surface area contributed by atoms with E-state index in [4.69, 9.17) is 0 Å². The van der Waals surface area contributed by atoms with E-state index in [1.54, 1.807) is 6.20 Å². The maximum atomic E-state index is 4.29. The van der Waals surface area contributed by atoms with Gasteiger partial charge in [-0.05, 0) is 18.2 Å². The van der Waals surface area contributed by atoms with E-state index in [-0.39, 0.29) is 0 Å². The minimum Gasteiger partial charge on any atom is -0.378 e. The molecule has 4 nitrogen and oxygen atoms in total. The molecule has 0 radical (unpaired) electrons. The molecule has 0 saturated carbocycles. The molecule has 3 aromatic rings. The molecule has 90 valence electrons. The van der Waals surface area contributed by atoms with Crippen molar-refractivity contribution in [2.45, 2.75) is 0 Å². The fraction of sp³-hybridized carbons (Fsp3) is 0.143. The Labute approximate surface area is 106 Å². The highest BCUT2D eigenvalue weighted by atomic mass is 15.1. The summed E-state index contributed by atoms with van der Waals surface area (Å²) in [4.78, 5) is 10.6. The maximum absolute atomic E-state index is 4.29. The highest BCUT2D eigenvalue weighted by Gasteiger charge is 2.06. The first-order valence-corrected chi connectivity index (χ1v) is 5.81. The van der Waals surface area contributed by atoms with Crippen molar-refractivity contribution < 1.29 is 0 Å². The van der Waals surface area contributed by atoms with Crippen LogP contribution < -0.4 is 4.90 Å². The first-order chi connectivity index (χ1) is 8.75. The number of anilines is 1. The number of benzene rings is 1. The Bertz CT molecular complexity index is 668.